The van der Waals surface area contributed by atoms with Crippen LogP contribution in [0.4, 0.5) is 10.7 Å². The molecule has 1 aliphatic heterocycles. The van der Waals surface area contributed by atoms with Gasteiger partial charge < -0.3 is 15.1 Å². The van der Waals surface area contributed by atoms with Gasteiger partial charge in [-0.25, -0.2) is 9.78 Å². The quantitative estimate of drug-likeness (QED) is 0.756. The zero-order valence-electron chi connectivity index (χ0n) is 16.4. The monoisotopic (exact) mass is 374 g/mol. The highest BCUT2D eigenvalue weighted by molar-refractivity contribution is 5.75. The molecule has 0 saturated carbocycles. The Hall–Kier alpha value is -2.35. The first-order chi connectivity index (χ1) is 12.9. The number of amides is 2. The lowest BCUT2D eigenvalue weighted by Gasteiger charge is -2.26. The summed E-state index contributed by atoms with van der Waals surface area (Å²) in [5.74, 6) is 0.555. The fraction of sp³-hybridized carbons (Fsp3) is 0.632. The van der Waals surface area contributed by atoms with Crippen molar-refractivity contribution in [2.24, 2.45) is 0 Å². The molecule has 1 aromatic rings. The summed E-state index contributed by atoms with van der Waals surface area (Å²) in [5, 5.41) is 3.12. The lowest BCUT2D eigenvalue weighted by molar-refractivity contribution is 0.194. The second kappa shape index (κ2) is 8.56. The van der Waals surface area contributed by atoms with E-state index in [9.17, 15) is 9.59 Å². The van der Waals surface area contributed by atoms with E-state index in [2.05, 4.69) is 32.3 Å². The number of carbonyl (C=O) groups is 1. The molecule has 0 spiro atoms. The minimum absolute atomic E-state index is 0.0200. The number of allylic oxidation sites excluding steroid dienone is 1. The first-order valence-corrected chi connectivity index (χ1v) is 9.62. The van der Waals surface area contributed by atoms with Crippen molar-refractivity contribution in [1.29, 1.82) is 0 Å². The van der Waals surface area contributed by atoms with Crippen molar-refractivity contribution < 1.29 is 4.79 Å². The lowest BCUT2D eigenvalue weighted by Crippen LogP contribution is -2.45. The molecule has 2 aliphatic rings. The summed E-state index contributed by atoms with van der Waals surface area (Å²) in [7, 11) is 5.72. The number of likely N-dealkylation sites (tertiary alicyclic amines) is 1. The number of hydrogen-bond acceptors (Lipinski definition) is 5. The smallest absolute Gasteiger partial charge is 0.317 e. The van der Waals surface area contributed by atoms with Gasteiger partial charge in [0.1, 0.15) is 0 Å². The largest absolute Gasteiger partial charge is 0.348 e. The molecule has 2 atom stereocenters. The maximum atomic E-state index is 12.5. The van der Waals surface area contributed by atoms with E-state index in [0.29, 0.717) is 19.0 Å². The van der Waals surface area contributed by atoms with Crippen molar-refractivity contribution in [3.8, 4) is 0 Å². The van der Waals surface area contributed by atoms with Gasteiger partial charge in [-0.2, -0.15) is 0 Å². The molecule has 1 aliphatic carbocycles. The highest BCUT2D eigenvalue weighted by atomic mass is 16.2. The van der Waals surface area contributed by atoms with E-state index in [-0.39, 0.29) is 23.7 Å². The molecule has 0 unspecified atom stereocenters. The second-order valence-corrected chi connectivity index (χ2v) is 7.67. The van der Waals surface area contributed by atoms with E-state index < -0.39 is 0 Å². The number of rotatable bonds is 5. The highest BCUT2D eigenvalue weighted by Crippen LogP contribution is 2.17. The number of carbonyl (C=O) groups excluding carboxylic acids is 1. The van der Waals surface area contributed by atoms with Gasteiger partial charge in [-0.05, 0) is 32.7 Å². The van der Waals surface area contributed by atoms with E-state index in [1.54, 1.807) is 11.0 Å². The van der Waals surface area contributed by atoms with Crippen LogP contribution in [0.3, 0.4) is 0 Å². The Morgan fingerprint density at radius 1 is 1.37 bits per heavy atom. The average Bonchev–Trinajstić information content (AvgIpc) is 3.12. The van der Waals surface area contributed by atoms with Gasteiger partial charge in [0.05, 0.1) is 5.69 Å². The molecule has 0 aromatic carbocycles. The van der Waals surface area contributed by atoms with Crippen molar-refractivity contribution in [2.45, 2.75) is 44.3 Å². The number of aromatic nitrogens is 2. The molecule has 2 N–H and O–H groups in total. The number of hydrogen-bond donors (Lipinski definition) is 2. The maximum Gasteiger partial charge on any atom is 0.317 e. The Kier molecular flexibility index (Phi) is 6.15. The fourth-order valence-corrected chi connectivity index (χ4v) is 3.64. The number of urea groups is 1. The first-order valence-electron chi connectivity index (χ1n) is 9.62. The number of anilines is 1. The normalized spacial score (nSPS) is 22.3. The molecule has 1 aromatic heterocycles. The molecule has 1 fully saturated rings. The molecule has 2 heterocycles. The van der Waals surface area contributed by atoms with Gasteiger partial charge in [-0.15, -0.1) is 0 Å². The number of likely N-dealkylation sites (N-methyl/N-ethyl adjacent to an activating group) is 1. The summed E-state index contributed by atoms with van der Waals surface area (Å²) in [6.45, 7) is 2.03. The van der Waals surface area contributed by atoms with E-state index in [0.717, 1.165) is 37.9 Å². The Morgan fingerprint density at radius 3 is 2.89 bits per heavy atom. The Morgan fingerprint density at radius 2 is 2.19 bits per heavy atom. The third-order valence-corrected chi connectivity index (χ3v) is 5.25. The summed E-state index contributed by atoms with van der Waals surface area (Å²) in [6, 6.07) is 1.99. The zero-order valence-corrected chi connectivity index (χ0v) is 16.4. The van der Waals surface area contributed by atoms with Gasteiger partial charge in [0.2, 0.25) is 5.95 Å². The van der Waals surface area contributed by atoms with Gasteiger partial charge in [0.15, 0.2) is 0 Å². The van der Waals surface area contributed by atoms with Crippen LogP contribution >= 0.6 is 0 Å². The van der Waals surface area contributed by atoms with Crippen molar-refractivity contribution >= 4 is 12.0 Å². The summed E-state index contributed by atoms with van der Waals surface area (Å²) < 4.78 is 0. The van der Waals surface area contributed by atoms with Gasteiger partial charge in [0.25, 0.3) is 5.56 Å². The number of nitrogens with zero attached hydrogens (tertiary/aromatic N) is 4. The SMILES string of the molecule is CN(C)c1nc(CN(C)[C@H]2CCN(C(=O)N[C@H]3C=CCCC3)C2)cc(=O)[nH]1. The van der Waals surface area contributed by atoms with Gasteiger partial charge >= 0.3 is 6.03 Å². The Bertz CT molecular complexity index is 744. The minimum Gasteiger partial charge on any atom is -0.348 e. The first kappa shape index (κ1) is 19.4. The standard InChI is InChI=1S/C19H30N6O2/c1-23(2)18-20-15(11-17(26)22-18)12-24(3)16-9-10-25(13-16)19(27)21-14-7-5-4-6-8-14/h5,7,11,14,16H,4,6,8-10,12-13H2,1-3H3,(H,21,27)(H,20,22,26)/t14-,16-/m0/s1. The predicted molar refractivity (Wildman–Crippen MR) is 106 cm³/mol. The van der Waals surface area contributed by atoms with Gasteiger partial charge in [-0.3, -0.25) is 14.7 Å². The van der Waals surface area contributed by atoms with Gasteiger partial charge in [0, 0.05) is 51.9 Å². The molecular formula is C19H30N6O2. The Labute approximate surface area is 160 Å². The second-order valence-electron chi connectivity index (χ2n) is 7.67. The molecule has 3 rings (SSSR count). The predicted octanol–water partition coefficient (Wildman–Crippen LogP) is 1.16. The molecule has 148 valence electrons. The summed E-state index contributed by atoms with van der Waals surface area (Å²) in [6.07, 6.45) is 8.42. The average molecular weight is 374 g/mol. The molecule has 8 heteroatoms. The van der Waals surface area contributed by atoms with E-state index in [4.69, 9.17) is 0 Å². The van der Waals surface area contributed by atoms with E-state index >= 15 is 0 Å². The van der Waals surface area contributed by atoms with Crippen LogP contribution in [0.15, 0.2) is 23.0 Å². The van der Waals surface area contributed by atoms with Crippen LogP contribution in [0.25, 0.3) is 0 Å². The fourth-order valence-electron chi connectivity index (χ4n) is 3.64. The highest BCUT2D eigenvalue weighted by Gasteiger charge is 2.29. The molecule has 8 nitrogen and oxygen atoms in total. The van der Waals surface area contributed by atoms with Crippen LogP contribution in [-0.4, -0.2) is 72.1 Å². The van der Waals surface area contributed by atoms with Gasteiger partial charge in [-0.1, -0.05) is 12.2 Å². The lowest BCUT2D eigenvalue weighted by atomic mass is 10.0. The number of nitrogens with one attached hydrogen (secondary N) is 2. The molecular weight excluding hydrogens is 344 g/mol. The van der Waals surface area contributed by atoms with Crippen LogP contribution in [0.1, 0.15) is 31.4 Å². The summed E-state index contributed by atoms with van der Waals surface area (Å²) >= 11 is 0. The molecule has 2 amide bonds. The van der Waals surface area contributed by atoms with E-state index in [1.807, 2.05) is 26.0 Å². The summed E-state index contributed by atoms with van der Waals surface area (Å²) in [5.41, 5.74) is 0.588. The van der Waals surface area contributed by atoms with Crippen molar-refractivity contribution in [3.05, 3.63) is 34.3 Å². The number of H-pyrrole nitrogens is 1. The van der Waals surface area contributed by atoms with Crippen LogP contribution in [0.5, 0.6) is 0 Å². The van der Waals surface area contributed by atoms with Crippen molar-refractivity contribution in [2.75, 3.05) is 39.1 Å². The Balaban J connectivity index is 1.55. The van der Waals surface area contributed by atoms with Crippen LogP contribution in [0.2, 0.25) is 0 Å². The third kappa shape index (κ3) is 5.09. The molecule has 0 radical (unpaired) electrons. The zero-order chi connectivity index (χ0) is 19.4. The maximum absolute atomic E-state index is 12.5. The topological polar surface area (TPSA) is 84.6 Å². The molecule has 27 heavy (non-hydrogen) atoms. The summed E-state index contributed by atoms with van der Waals surface area (Å²) in [4.78, 5) is 37.4. The van der Waals surface area contributed by atoms with Crippen molar-refractivity contribution in [1.82, 2.24) is 25.1 Å². The number of aromatic amines is 1. The van der Waals surface area contributed by atoms with Crippen LogP contribution in [0, 0.1) is 0 Å². The molecule has 1 saturated heterocycles. The van der Waals surface area contributed by atoms with Crippen LogP contribution < -0.4 is 15.8 Å². The minimum atomic E-state index is -0.148. The molecule has 0 bridgehead atoms. The van der Waals surface area contributed by atoms with E-state index in [1.165, 1.54) is 0 Å². The van der Waals surface area contributed by atoms with Crippen molar-refractivity contribution in [3.63, 3.8) is 0 Å². The third-order valence-electron chi connectivity index (χ3n) is 5.25. The van der Waals surface area contributed by atoms with Crippen LogP contribution in [-0.2, 0) is 6.54 Å².